The highest BCUT2D eigenvalue weighted by Gasteiger charge is 2.29. The zero-order valence-corrected chi connectivity index (χ0v) is 17.9. The monoisotopic (exact) mass is 454 g/mol. The van der Waals surface area contributed by atoms with Gasteiger partial charge in [-0.25, -0.2) is 9.97 Å². The second kappa shape index (κ2) is 8.78. The lowest BCUT2D eigenvalue weighted by Crippen LogP contribution is -2.47. The molecule has 0 spiro atoms. The summed E-state index contributed by atoms with van der Waals surface area (Å²) < 4.78 is 6.29. The lowest BCUT2D eigenvalue weighted by molar-refractivity contribution is 0.0625. The minimum absolute atomic E-state index is 0.00203. The molecule has 0 radical (unpaired) electrons. The zero-order chi connectivity index (χ0) is 20.2. The van der Waals surface area contributed by atoms with E-state index in [9.17, 15) is 4.79 Å². The number of nitrogens with zero attached hydrogens (tertiary/aromatic N) is 3. The van der Waals surface area contributed by atoms with E-state index >= 15 is 0 Å². The number of benzene rings is 2. The van der Waals surface area contributed by atoms with Crippen molar-refractivity contribution in [1.29, 1.82) is 0 Å². The number of carbonyl (C=O) groups is 1. The van der Waals surface area contributed by atoms with Gasteiger partial charge in [-0.05, 0) is 49.6 Å². The number of amides is 1. The maximum Gasteiger partial charge on any atom is 0.257 e. The summed E-state index contributed by atoms with van der Waals surface area (Å²) in [4.78, 5) is 24.0. The molecule has 0 bridgehead atoms. The van der Waals surface area contributed by atoms with Crippen molar-refractivity contribution in [2.75, 3.05) is 25.5 Å². The molecule has 1 aliphatic heterocycles. The zero-order valence-electron chi connectivity index (χ0n) is 16.3. The molecule has 29 heavy (non-hydrogen) atoms. The number of ether oxygens (including phenoxy) is 1. The number of fused-ring (bicyclic) bond motifs is 1. The van der Waals surface area contributed by atoms with Crippen molar-refractivity contribution in [3.8, 4) is 5.75 Å². The maximum atomic E-state index is 13.3. The lowest BCUT2D eigenvalue weighted by Gasteiger charge is -2.36. The van der Waals surface area contributed by atoms with Crippen molar-refractivity contribution < 1.29 is 9.53 Å². The van der Waals surface area contributed by atoms with Gasteiger partial charge in [-0.15, -0.1) is 0 Å². The third kappa shape index (κ3) is 4.19. The van der Waals surface area contributed by atoms with Crippen molar-refractivity contribution >= 4 is 38.6 Å². The Morgan fingerprint density at radius 2 is 2.10 bits per heavy atom. The minimum atomic E-state index is 0.00203. The topological polar surface area (TPSA) is 67.3 Å². The highest BCUT2D eigenvalue weighted by molar-refractivity contribution is 9.10. The second-order valence-corrected chi connectivity index (χ2v) is 8.03. The highest BCUT2D eigenvalue weighted by atomic mass is 79.9. The average molecular weight is 455 g/mol. The van der Waals surface area contributed by atoms with Crippen LogP contribution in [0, 0.1) is 0 Å². The van der Waals surface area contributed by atoms with Gasteiger partial charge in [-0.3, -0.25) is 4.79 Å². The average Bonchev–Trinajstić information content (AvgIpc) is 2.77. The van der Waals surface area contributed by atoms with Gasteiger partial charge < -0.3 is 15.0 Å². The molecule has 1 aliphatic rings. The molecule has 1 N–H and O–H groups in total. The largest absolute Gasteiger partial charge is 0.496 e. The standard InChI is InChI=1S/C22H23BrN4O2/c1-29-20-10-9-15(23)12-18(20)22(28)27-11-5-4-6-16(27)13-24-21-17-7-2-3-8-19(17)25-14-26-21/h2-3,7-10,12,14,16H,4-6,11,13H2,1H3,(H,24,25,26). The molecule has 0 aliphatic carbocycles. The Hall–Kier alpha value is -2.67. The molecule has 2 aromatic carbocycles. The van der Waals surface area contributed by atoms with Gasteiger partial charge in [0, 0.05) is 29.0 Å². The maximum absolute atomic E-state index is 13.3. The van der Waals surface area contributed by atoms with E-state index in [1.54, 1.807) is 13.4 Å². The van der Waals surface area contributed by atoms with Gasteiger partial charge >= 0.3 is 0 Å². The normalized spacial score (nSPS) is 16.6. The number of aromatic nitrogens is 2. The van der Waals surface area contributed by atoms with Gasteiger partial charge in [0.15, 0.2) is 0 Å². The Kier molecular flexibility index (Phi) is 5.94. The summed E-state index contributed by atoms with van der Waals surface area (Å²) in [6.07, 6.45) is 4.64. The Morgan fingerprint density at radius 3 is 2.97 bits per heavy atom. The van der Waals surface area contributed by atoms with Crippen LogP contribution in [0.2, 0.25) is 0 Å². The number of hydrogen-bond donors (Lipinski definition) is 1. The van der Waals surface area contributed by atoms with Crippen LogP contribution >= 0.6 is 15.9 Å². The van der Waals surface area contributed by atoms with E-state index in [2.05, 4.69) is 31.2 Å². The molecule has 4 rings (SSSR count). The number of methoxy groups -OCH3 is 1. The fourth-order valence-electron chi connectivity index (χ4n) is 3.84. The van der Waals surface area contributed by atoms with Gasteiger partial charge in [0.25, 0.3) is 5.91 Å². The van der Waals surface area contributed by atoms with Crippen molar-refractivity contribution in [2.24, 2.45) is 0 Å². The fraction of sp³-hybridized carbons (Fsp3) is 0.318. The third-order valence-electron chi connectivity index (χ3n) is 5.33. The molecule has 1 saturated heterocycles. The molecular weight excluding hydrogens is 432 g/mol. The van der Waals surface area contributed by atoms with E-state index in [0.717, 1.165) is 47.0 Å². The first-order valence-electron chi connectivity index (χ1n) is 9.75. The Balaban J connectivity index is 1.55. The van der Waals surface area contributed by atoms with Crippen molar-refractivity contribution in [2.45, 2.75) is 25.3 Å². The molecule has 3 aromatic rings. The van der Waals surface area contributed by atoms with Crippen molar-refractivity contribution in [3.63, 3.8) is 0 Å². The van der Waals surface area contributed by atoms with Crippen LogP contribution < -0.4 is 10.1 Å². The number of hydrogen-bond acceptors (Lipinski definition) is 5. The van der Waals surface area contributed by atoms with Gasteiger partial charge in [0.2, 0.25) is 0 Å². The summed E-state index contributed by atoms with van der Waals surface area (Å²) >= 11 is 3.46. The van der Waals surface area contributed by atoms with Crippen LogP contribution in [0.25, 0.3) is 10.9 Å². The summed E-state index contributed by atoms with van der Waals surface area (Å²) in [6.45, 7) is 1.38. The number of halogens is 1. The molecule has 1 amide bonds. The van der Waals surface area contributed by atoms with Crippen LogP contribution in [0.5, 0.6) is 5.75 Å². The summed E-state index contributed by atoms with van der Waals surface area (Å²) in [5.41, 5.74) is 1.49. The number of piperidine rings is 1. The number of likely N-dealkylation sites (tertiary alicyclic amines) is 1. The molecule has 1 unspecified atom stereocenters. The summed E-state index contributed by atoms with van der Waals surface area (Å²) in [6, 6.07) is 13.5. The first-order valence-corrected chi connectivity index (χ1v) is 10.5. The summed E-state index contributed by atoms with van der Waals surface area (Å²) in [5, 5.41) is 4.43. The quantitative estimate of drug-likeness (QED) is 0.614. The molecule has 150 valence electrons. The predicted molar refractivity (Wildman–Crippen MR) is 117 cm³/mol. The van der Waals surface area contributed by atoms with Crippen LogP contribution in [0.1, 0.15) is 29.6 Å². The van der Waals surface area contributed by atoms with E-state index < -0.39 is 0 Å². The second-order valence-electron chi connectivity index (χ2n) is 7.11. The minimum Gasteiger partial charge on any atom is -0.496 e. The predicted octanol–water partition coefficient (Wildman–Crippen LogP) is 4.51. The molecule has 2 heterocycles. The Morgan fingerprint density at radius 1 is 1.24 bits per heavy atom. The van der Waals surface area contributed by atoms with Crippen LogP contribution in [0.4, 0.5) is 5.82 Å². The lowest BCUT2D eigenvalue weighted by atomic mass is 10.00. The van der Waals surface area contributed by atoms with E-state index in [0.29, 0.717) is 17.9 Å². The summed E-state index contributed by atoms with van der Waals surface area (Å²) in [5.74, 6) is 1.40. The molecule has 0 saturated carbocycles. The van der Waals surface area contributed by atoms with Gasteiger partial charge in [-0.1, -0.05) is 28.1 Å². The SMILES string of the molecule is COc1ccc(Br)cc1C(=O)N1CCCCC1CNc1ncnc2ccccc12. The van der Waals surface area contributed by atoms with E-state index in [1.807, 2.05) is 47.4 Å². The Bertz CT molecular complexity index is 1020. The number of carbonyl (C=O) groups excluding carboxylic acids is 1. The van der Waals surface area contributed by atoms with Gasteiger partial charge in [0.05, 0.1) is 18.2 Å². The molecule has 1 fully saturated rings. The Labute approximate surface area is 178 Å². The van der Waals surface area contributed by atoms with Gasteiger partial charge in [0.1, 0.15) is 17.9 Å². The number of para-hydroxylation sites is 1. The van der Waals surface area contributed by atoms with E-state index in [1.165, 1.54) is 0 Å². The van der Waals surface area contributed by atoms with Crippen molar-refractivity contribution in [3.05, 3.63) is 58.8 Å². The molecule has 1 aromatic heterocycles. The van der Waals surface area contributed by atoms with E-state index in [4.69, 9.17) is 4.74 Å². The highest BCUT2D eigenvalue weighted by Crippen LogP contribution is 2.28. The molecular formula is C22H23BrN4O2. The fourth-order valence-corrected chi connectivity index (χ4v) is 4.20. The van der Waals surface area contributed by atoms with Crippen LogP contribution in [0.15, 0.2) is 53.3 Å². The third-order valence-corrected chi connectivity index (χ3v) is 5.82. The van der Waals surface area contributed by atoms with Crippen LogP contribution in [-0.4, -0.2) is 47.0 Å². The van der Waals surface area contributed by atoms with E-state index in [-0.39, 0.29) is 11.9 Å². The summed E-state index contributed by atoms with van der Waals surface area (Å²) in [7, 11) is 1.59. The number of nitrogens with one attached hydrogen (secondary N) is 1. The van der Waals surface area contributed by atoms with Crippen molar-refractivity contribution in [1.82, 2.24) is 14.9 Å². The first-order chi connectivity index (χ1) is 14.2. The van der Waals surface area contributed by atoms with Crippen LogP contribution in [-0.2, 0) is 0 Å². The van der Waals surface area contributed by atoms with Gasteiger partial charge in [-0.2, -0.15) is 0 Å². The molecule has 6 nitrogen and oxygen atoms in total. The first kappa shape index (κ1) is 19.6. The number of anilines is 1. The smallest absolute Gasteiger partial charge is 0.257 e. The number of rotatable bonds is 5. The molecule has 7 heteroatoms. The molecule has 1 atom stereocenters. The van der Waals surface area contributed by atoms with Crippen LogP contribution in [0.3, 0.4) is 0 Å².